The number of ether oxygens (including phenoxy) is 4. The van der Waals surface area contributed by atoms with Crippen molar-refractivity contribution in [2.24, 2.45) is 0 Å². The van der Waals surface area contributed by atoms with Crippen LogP contribution in [-0.2, 0) is 28.5 Å². The van der Waals surface area contributed by atoms with Crippen LogP contribution in [-0.4, -0.2) is 112 Å². The van der Waals surface area contributed by atoms with Crippen molar-refractivity contribution in [1.29, 1.82) is 0 Å². The number of aliphatic hydroxyl groups is 3. The molecule has 10 atom stereocenters. The van der Waals surface area contributed by atoms with Gasteiger partial charge in [0, 0.05) is 24.9 Å². The van der Waals surface area contributed by atoms with Crippen LogP contribution in [0.25, 0.3) is 0 Å². The molecule has 1 aromatic rings. The molecule has 4 aliphatic rings. The number of hydrogen-bond donors (Lipinski definition) is 4. The lowest BCUT2D eigenvalue weighted by molar-refractivity contribution is -0.294. The average Bonchev–Trinajstić information content (AvgIpc) is 3.58. The van der Waals surface area contributed by atoms with E-state index in [9.17, 15) is 30.0 Å². The summed E-state index contributed by atoms with van der Waals surface area (Å²) in [6, 6.07) is 9.27. The number of fused-ring (bicyclic) bond motifs is 5. The molecule has 11 heteroatoms. The smallest absolute Gasteiger partial charge is 0.335 e. The number of piperidine rings is 1. The summed E-state index contributed by atoms with van der Waals surface area (Å²) in [5.41, 5.74) is 0.621. The Morgan fingerprint density at radius 1 is 1.03 bits per heavy atom. The maximum Gasteiger partial charge on any atom is 0.335 e. The fourth-order valence-corrected chi connectivity index (χ4v) is 5.41. The highest BCUT2D eigenvalue weighted by Crippen LogP contribution is 2.48. The quantitative estimate of drug-likeness (QED) is 0.276. The van der Waals surface area contributed by atoms with Gasteiger partial charge in [0.25, 0.3) is 0 Å². The van der Waals surface area contributed by atoms with Gasteiger partial charge in [-0.1, -0.05) is 30.3 Å². The molecule has 4 heterocycles. The summed E-state index contributed by atoms with van der Waals surface area (Å²) in [6.45, 7) is -0.284. The van der Waals surface area contributed by atoms with Gasteiger partial charge in [-0.15, -0.1) is 0 Å². The van der Waals surface area contributed by atoms with E-state index in [0.29, 0.717) is 18.4 Å². The number of morpholine rings is 1. The van der Waals surface area contributed by atoms with E-state index in [0.717, 1.165) is 0 Å². The molecule has 4 saturated heterocycles. The van der Waals surface area contributed by atoms with Crippen molar-refractivity contribution in [3.05, 3.63) is 35.9 Å². The molecule has 11 nitrogen and oxygen atoms in total. The van der Waals surface area contributed by atoms with Crippen LogP contribution >= 0.6 is 0 Å². The number of carboxylic acid groups (broad SMARTS) is 1. The maximum absolute atomic E-state index is 13.2. The molecule has 186 valence electrons. The number of aliphatic hydroxyl groups excluding tert-OH is 3. The van der Waals surface area contributed by atoms with Crippen LogP contribution in [0.2, 0.25) is 0 Å². The highest BCUT2D eigenvalue weighted by Gasteiger charge is 2.63. The largest absolute Gasteiger partial charge is 0.479 e. The van der Waals surface area contributed by atoms with Gasteiger partial charge in [-0.25, -0.2) is 4.79 Å². The Bertz CT molecular complexity index is 896. The first-order valence-electron chi connectivity index (χ1n) is 11.4. The minimum Gasteiger partial charge on any atom is -0.479 e. The summed E-state index contributed by atoms with van der Waals surface area (Å²) < 4.78 is 22.3. The van der Waals surface area contributed by atoms with Crippen LogP contribution in [0, 0.1) is 0 Å². The van der Waals surface area contributed by atoms with Crippen molar-refractivity contribution < 1.29 is 49.0 Å². The van der Waals surface area contributed by atoms with Crippen LogP contribution in [0.4, 0.5) is 0 Å². The zero-order chi connectivity index (χ0) is 24.1. The Morgan fingerprint density at radius 2 is 1.68 bits per heavy atom. The van der Waals surface area contributed by atoms with Gasteiger partial charge in [-0.3, -0.25) is 9.69 Å². The number of benzene rings is 1. The number of carboxylic acids is 1. The second-order valence-corrected chi connectivity index (χ2v) is 9.43. The molecule has 0 aromatic heterocycles. The molecule has 4 N–H and O–H groups in total. The Hall–Kier alpha value is -2.12. The number of aliphatic carboxylic acids is 1. The fourth-order valence-electron chi connectivity index (χ4n) is 5.41. The molecule has 4 fully saturated rings. The van der Waals surface area contributed by atoms with E-state index in [-0.39, 0.29) is 37.0 Å². The number of likely N-dealkylation sites (N-methyl/N-ethyl adjacent to an activating group) is 1. The van der Waals surface area contributed by atoms with Crippen LogP contribution in [0.5, 0.6) is 0 Å². The molecular formula is C23H29NO10. The number of carbonyl (C=O) groups excluding carboxylic acids is 1. The predicted molar refractivity (Wildman–Crippen MR) is 113 cm³/mol. The molecular weight excluding hydrogens is 450 g/mol. The van der Waals surface area contributed by atoms with Gasteiger partial charge in [-0.05, 0) is 12.6 Å². The Morgan fingerprint density at radius 3 is 2.29 bits per heavy atom. The summed E-state index contributed by atoms with van der Waals surface area (Å²) >= 11 is 0. The normalized spacial score (nSPS) is 42.0. The van der Waals surface area contributed by atoms with Gasteiger partial charge in [0.2, 0.25) is 0 Å². The first-order valence-corrected chi connectivity index (χ1v) is 11.4. The molecule has 4 aliphatic heterocycles. The molecule has 10 unspecified atom stereocenters. The third-order valence-corrected chi connectivity index (χ3v) is 7.38. The number of rotatable bonds is 7. The van der Waals surface area contributed by atoms with Crippen molar-refractivity contribution in [2.45, 2.75) is 79.9 Å². The summed E-state index contributed by atoms with van der Waals surface area (Å²) in [7, 11) is 2.06. The van der Waals surface area contributed by atoms with E-state index in [1.165, 1.54) is 0 Å². The lowest BCUT2D eigenvalue weighted by Gasteiger charge is -2.39. The molecule has 2 bridgehead atoms. The molecule has 5 rings (SSSR count). The lowest BCUT2D eigenvalue weighted by atomic mass is 9.97. The lowest BCUT2D eigenvalue weighted by Crippen LogP contribution is -2.60. The molecule has 0 aliphatic carbocycles. The highest BCUT2D eigenvalue weighted by molar-refractivity contribution is 5.78. The minimum atomic E-state index is -1.82. The number of hydrogen-bond acceptors (Lipinski definition) is 10. The van der Waals surface area contributed by atoms with Gasteiger partial charge in [0.1, 0.15) is 42.5 Å². The van der Waals surface area contributed by atoms with Crippen LogP contribution in [0.1, 0.15) is 24.3 Å². The maximum atomic E-state index is 13.2. The predicted octanol–water partition coefficient (Wildman–Crippen LogP) is -1.17. The summed E-state index contributed by atoms with van der Waals surface area (Å²) in [5, 5.41) is 39.3. The van der Waals surface area contributed by atoms with Gasteiger partial charge in [-0.2, -0.15) is 0 Å². The standard InChI is InChI=1S/C23H29NO10/c1-24-13-7-11(8-14(24)19-18(13)33-19)32-22(30)12(10-5-3-2-4-6-10)9-31-23-17(27)15(25)16(26)20(34-23)21(28)29/h2-6,11-20,23,25-27H,7-9H2,1H3,(H,28,29). The number of esters is 1. The molecule has 0 spiro atoms. The first kappa shape index (κ1) is 23.6. The van der Waals surface area contributed by atoms with Crippen molar-refractivity contribution >= 4 is 11.9 Å². The Labute approximate surface area is 195 Å². The Balaban J connectivity index is 1.26. The zero-order valence-electron chi connectivity index (χ0n) is 18.5. The highest BCUT2D eigenvalue weighted by atomic mass is 16.7. The van der Waals surface area contributed by atoms with E-state index >= 15 is 0 Å². The molecule has 0 radical (unpaired) electrons. The molecule has 34 heavy (non-hydrogen) atoms. The second kappa shape index (κ2) is 9.15. The zero-order valence-corrected chi connectivity index (χ0v) is 18.5. The van der Waals surface area contributed by atoms with Crippen molar-refractivity contribution in [1.82, 2.24) is 4.90 Å². The third kappa shape index (κ3) is 4.22. The monoisotopic (exact) mass is 479 g/mol. The third-order valence-electron chi connectivity index (χ3n) is 7.38. The van der Waals surface area contributed by atoms with Gasteiger partial charge < -0.3 is 39.4 Å². The molecule has 1 aromatic carbocycles. The van der Waals surface area contributed by atoms with E-state index in [2.05, 4.69) is 11.9 Å². The fraction of sp³-hybridized carbons (Fsp3) is 0.652. The Kier molecular flexibility index (Phi) is 6.36. The number of epoxide rings is 1. The average molecular weight is 479 g/mol. The van der Waals surface area contributed by atoms with Crippen molar-refractivity contribution in [3.63, 3.8) is 0 Å². The first-order chi connectivity index (χ1) is 16.3. The minimum absolute atomic E-state index is 0.209. The topological polar surface area (TPSA) is 159 Å². The van der Waals surface area contributed by atoms with E-state index in [1.54, 1.807) is 30.3 Å². The van der Waals surface area contributed by atoms with E-state index in [4.69, 9.17) is 18.9 Å². The van der Waals surface area contributed by atoms with Gasteiger partial charge in [0.05, 0.1) is 6.61 Å². The summed E-state index contributed by atoms with van der Waals surface area (Å²) in [4.78, 5) is 26.9. The number of nitrogens with zero attached hydrogens (tertiary/aromatic N) is 1. The van der Waals surface area contributed by atoms with Crippen LogP contribution in [0.15, 0.2) is 30.3 Å². The summed E-state index contributed by atoms with van der Waals surface area (Å²) in [6.07, 6.45) is -7.13. The molecule has 0 amide bonds. The second-order valence-electron chi connectivity index (χ2n) is 9.43. The summed E-state index contributed by atoms with van der Waals surface area (Å²) in [5.74, 6) is -2.88. The molecule has 0 saturated carbocycles. The SMILES string of the molecule is CN1C2CC(OC(=O)C(COC3OC(C(=O)O)C(O)C(O)C3O)c3ccccc3)CC1C1OC12. The van der Waals surface area contributed by atoms with E-state index in [1.807, 2.05) is 0 Å². The van der Waals surface area contributed by atoms with Crippen LogP contribution < -0.4 is 0 Å². The van der Waals surface area contributed by atoms with Crippen molar-refractivity contribution in [3.8, 4) is 0 Å². The van der Waals surface area contributed by atoms with E-state index < -0.39 is 48.6 Å². The number of carbonyl (C=O) groups is 2. The van der Waals surface area contributed by atoms with Crippen LogP contribution in [0.3, 0.4) is 0 Å². The van der Waals surface area contributed by atoms with Gasteiger partial charge >= 0.3 is 11.9 Å². The van der Waals surface area contributed by atoms with Gasteiger partial charge in [0.15, 0.2) is 12.4 Å². The van der Waals surface area contributed by atoms with Crippen molar-refractivity contribution in [2.75, 3.05) is 13.7 Å².